The van der Waals surface area contributed by atoms with Crippen LogP contribution < -0.4 is 15.0 Å². The SMILES string of the molecule is COC(=O)CCC(=O)Nc1ccc2c(c1)N(CCCN(C)C)C(=O)C(C)O2. The van der Waals surface area contributed by atoms with E-state index in [-0.39, 0.29) is 24.7 Å². The van der Waals surface area contributed by atoms with Gasteiger partial charge in [-0.05, 0) is 52.2 Å². The monoisotopic (exact) mass is 377 g/mol. The second-order valence-electron chi connectivity index (χ2n) is 6.71. The van der Waals surface area contributed by atoms with Crippen molar-refractivity contribution in [2.75, 3.05) is 44.5 Å². The summed E-state index contributed by atoms with van der Waals surface area (Å²) >= 11 is 0. The fraction of sp³-hybridized carbons (Fsp3) is 0.526. The highest BCUT2D eigenvalue weighted by molar-refractivity contribution is 6.01. The van der Waals surface area contributed by atoms with Crippen LogP contribution in [0.15, 0.2) is 18.2 Å². The van der Waals surface area contributed by atoms with Gasteiger partial charge in [0.1, 0.15) is 5.75 Å². The summed E-state index contributed by atoms with van der Waals surface area (Å²) in [4.78, 5) is 39.5. The van der Waals surface area contributed by atoms with Crippen LogP contribution in [0.1, 0.15) is 26.2 Å². The van der Waals surface area contributed by atoms with Crippen molar-refractivity contribution in [3.8, 4) is 5.75 Å². The number of hydrogen-bond donors (Lipinski definition) is 1. The Morgan fingerprint density at radius 3 is 2.70 bits per heavy atom. The van der Waals surface area contributed by atoms with Crippen molar-refractivity contribution in [3.05, 3.63) is 18.2 Å². The van der Waals surface area contributed by atoms with E-state index in [1.165, 1.54) is 7.11 Å². The number of methoxy groups -OCH3 is 1. The van der Waals surface area contributed by atoms with Gasteiger partial charge in [-0.3, -0.25) is 14.4 Å². The minimum Gasteiger partial charge on any atom is -0.479 e. The normalized spacial score (nSPS) is 16.0. The predicted octanol–water partition coefficient (Wildman–Crippen LogP) is 1.64. The summed E-state index contributed by atoms with van der Waals surface area (Å²) in [5.74, 6) is -0.221. The lowest BCUT2D eigenvalue weighted by molar-refractivity contribution is -0.141. The molecule has 1 aliphatic rings. The fourth-order valence-electron chi connectivity index (χ4n) is 2.80. The van der Waals surface area contributed by atoms with Gasteiger partial charge < -0.3 is 24.6 Å². The smallest absolute Gasteiger partial charge is 0.306 e. The van der Waals surface area contributed by atoms with Crippen LogP contribution in [0.4, 0.5) is 11.4 Å². The summed E-state index contributed by atoms with van der Waals surface area (Å²) in [6, 6.07) is 5.19. The van der Waals surface area contributed by atoms with E-state index in [2.05, 4.69) is 15.0 Å². The molecule has 1 aromatic carbocycles. The van der Waals surface area contributed by atoms with Crippen LogP contribution in [0.25, 0.3) is 0 Å². The Bertz CT molecular complexity index is 705. The van der Waals surface area contributed by atoms with Crippen molar-refractivity contribution < 1.29 is 23.9 Å². The number of benzene rings is 1. The number of ether oxygens (including phenoxy) is 2. The number of esters is 1. The Morgan fingerprint density at radius 2 is 2.04 bits per heavy atom. The molecule has 0 aromatic heterocycles. The molecule has 1 unspecified atom stereocenters. The molecule has 0 spiro atoms. The molecule has 8 nitrogen and oxygen atoms in total. The first kappa shape index (κ1) is 20.7. The van der Waals surface area contributed by atoms with Crippen molar-refractivity contribution in [3.63, 3.8) is 0 Å². The largest absolute Gasteiger partial charge is 0.479 e. The van der Waals surface area contributed by atoms with E-state index in [1.807, 2.05) is 14.1 Å². The maximum absolute atomic E-state index is 12.6. The predicted molar refractivity (Wildman–Crippen MR) is 102 cm³/mol. The van der Waals surface area contributed by atoms with Gasteiger partial charge in [0, 0.05) is 18.7 Å². The van der Waals surface area contributed by atoms with Gasteiger partial charge in [-0.15, -0.1) is 0 Å². The van der Waals surface area contributed by atoms with Gasteiger partial charge in [0.25, 0.3) is 5.91 Å². The van der Waals surface area contributed by atoms with Crippen LogP contribution in [0.5, 0.6) is 5.75 Å². The zero-order chi connectivity index (χ0) is 20.0. The Kier molecular flexibility index (Phi) is 7.18. The lowest BCUT2D eigenvalue weighted by Crippen LogP contribution is -2.45. The molecule has 1 aliphatic heterocycles. The van der Waals surface area contributed by atoms with Gasteiger partial charge in [0.15, 0.2) is 6.10 Å². The van der Waals surface area contributed by atoms with Crippen LogP contribution in [0.2, 0.25) is 0 Å². The number of amides is 2. The summed E-state index contributed by atoms with van der Waals surface area (Å²) in [5, 5.41) is 2.74. The van der Waals surface area contributed by atoms with Crippen molar-refractivity contribution in [1.29, 1.82) is 0 Å². The molecule has 2 amide bonds. The van der Waals surface area contributed by atoms with Gasteiger partial charge in [-0.2, -0.15) is 0 Å². The molecule has 0 saturated heterocycles. The molecule has 27 heavy (non-hydrogen) atoms. The number of rotatable bonds is 8. The van der Waals surface area contributed by atoms with Gasteiger partial charge >= 0.3 is 5.97 Å². The Labute approximate surface area is 159 Å². The highest BCUT2D eigenvalue weighted by Crippen LogP contribution is 2.36. The third-order valence-corrected chi connectivity index (χ3v) is 4.22. The maximum atomic E-state index is 12.6. The first-order chi connectivity index (χ1) is 12.8. The molecular weight excluding hydrogens is 350 g/mol. The van der Waals surface area contributed by atoms with Gasteiger partial charge in [0.05, 0.1) is 19.2 Å². The Balaban J connectivity index is 2.11. The fourth-order valence-corrected chi connectivity index (χ4v) is 2.80. The van der Waals surface area contributed by atoms with E-state index in [0.717, 1.165) is 13.0 Å². The Hall–Kier alpha value is -2.61. The molecule has 8 heteroatoms. The molecule has 2 rings (SSSR count). The van der Waals surface area contributed by atoms with Gasteiger partial charge in [0.2, 0.25) is 5.91 Å². The average Bonchev–Trinajstić information content (AvgIpc) is 2.63. The van der Waals surface area contributed by atoms with Crippen LogP contribution in [-0.4, -0.2) is 63.1 Å². The molecule has 0 saturated carbocycles. The Morgan fingerprint density at radius 1 is 1.30 bits per heavy atom. The van der Waals surface area contributed by atoms with Crippen LogP contribution in [0, 0.1) is 0 Å². The molecule has 0 fully saturated rings. The molecule has 1 N–H and O–H groups in total. The van der Waals surface area contributed by atoms with Crippen LogP contribution in [0.3, 0.4) is 0 Å². The summed E-state index contributed by atoms with van der Waals surface area (Å²) in [5.41, 5.74) is 1.19. The van der Waals surface area contributed by atoms with Crippen molar-refractivity contribution >= 4 is 29.2 Å². The number of nitrogens with one attached hydrogen (secondary N) is 1. The van der Waals surface area contributed by atoms with Crippen LogP contribution >= 0.6 is 0 Å². The number of carbonyl (C=O) groups excluding carboxylic acids is 3. The number of anilines is 2. The maximum Gasteiger partial charge on any atom is 0.306 e. The highest BCUT2D eigenvalue weighted by Gasteiger charge is 2.31. The summed E-state index contributed by atoms with van der Waals surface area (Å²) in [7, 11) is 5.26. The minimum atomic E-state index is -0.544. The quantitative estimate of drug-likeness (QED) is 0.693. The molecule has 1 atom stereocenters. The van der Waals surface area contributed by atoms with Gasteiger partial charge in [-0.25, -0.2) is 0 Å². The standard InChI is InChI=1S/C19H27N3O5/c1-13-19(25)22(11-5-10-21(2)3)15-12-14(6-7-16(15)27-13)20-17(23)8-9-18(24)26-4/h6-7,12-13H,5,8-11H2,1-4H3,(H,20,23). The van der Waals surface area contributed by atoms with Gasteiger partial charge in [-0.1, -0.05) is 0 Å². The first-order valence-electron chi connectivity index (χ1n) is 8.95. The number of carbonyl (C=O) groups is 3. The van der Waals surface area contributed by atoms with Crippen molar-refractivity contribution in [2.45, 2.75) is 32.3 Å². The van der Waals surface area contributed by atoms with Crippen molar-refractivity contribution in [1.82, 2.24) is 4.90 Å². The van der Waals surface area contributed by atoms with E-state index in [1.54, 1.807) is 30.0 Å². The lowest BCUT2D eigenvalue weighted by Gasteiger charge is -2.33. The molecule has 148 valence electrons. The van der Waals surface area contributed by atoms with Crippen LogP contribution in [-0.2, 0) is 19.1 Å². The van der Waals surface area contributed by atoms with E-state index < -0.39 is 12.1 Å². The minimum absolute atomic E-state index is 0.0169. The van der Waals surface area contributed by atoms with E-state index in [9.17, 15) is 14.4 Å². The molecule has 1 aromatic rings. The number of nitrogens with zero attached hydrogens (tertiary/aromatic N) is 2. The summed E-state index contributed by atoms with van der Waals surface area (Å²) in [6.45, 7) is 3.16. The molecular formula is C19H27N3O5. The number of fused-ring (bicyclic) bond motifs is 1. The summed E-state index contributed by atoms with van der Waals surface area (Å²) < 4.78 is 10.2. The van der Waals surface area contributed by atoms with E-state index in [0.29, 0.717) is 23.7 Å². The molecule has 0 bridgehead atoms. The average molecular weight is 377 g/mol. The van der Waals surface area contributed by atoms with E-state index in [4.69, 9.17) is 4.74 Å². The molecule has 0 radical (unpaired) electrons. The zero-order valence-electron chi connectivity index (χ0n) is 16.3. The molecule has 0 aliphatic carbocycles. The third-order valence-electron chi connectivity index (χ3n) is 4.22. The number of hydrogen-bond acceptors (Lipinski definition) is 6. The first-order valence-corrected chi connectivity index (χ1v) is 8.95. The van der Waals surface area contributed by atoms with E-state index >= 15 is 0 Å². The second-order valence-corrected chi connectivity index (χ2v) is 6.71. The lowest BCUT2D eigenvalue weighted by atomic mass is 10.1. The highest BCUT2D eigenvalue weighted by atomic mass is 16.5. The molecule has 1 heterocycles. The summed E-state index contributed by atoms with van der Waals surface area (Å²) in [6.07, 6.45) is 0.323. The third kappa shape index (κ3) is 5.68. The second kappa shape index (κ2) is 9.36. The topological polar surface area (TPSA) is 88.2 Å². The zero-order valence-corrected chi connectivity index (χ0v) is 16.3. The van der Waals surface area contributed by atoms with Crippen molar-refractivity contribution in [2.24, 2.45) is 0 Å².